The van der Waals surface area contributed by atoms with Crippen molar-refractivity contribution < 1.29 is 14.6 Å². The Morgan fingerprint density at radius 2 is 2.29 bits per heavy atom. The molecule has 1 aliphatic heterocycles. The van der Waals surface area contributed by atoms with Crippen LogP contribution in [0.15, 0.2) is 0 Å². The predicted octanol–water partition coefficient (Wildman–Crippen LogP) is 1.47. The zero-order valence-electron chi connectivity index (χ0n) is 11.2. The van der Waals surface area contributed by atoms with E-state index < -0.39 is 0 Å². The van der Waals surface area contributed by atoms with E-state index in [2.05, 4.69) is 5.32 Å². The summed E-state index contributed by atoms with van der Waals surface area (Å²) in [6.07, 6.45) is 2.98. The third-order valence-corrected chi connectivity index (χ3v) is 3.05. The molecule has 4 nitrogen and oxygen atoms in total. The third kappa shape index (κ3) is 6.03. The maximum Gasteiger partial charge on any atom is 0.222 e. The van der Waals surface area contributed by atoms with Crippen molar-refractivity contribution in [3.63, 3.8) is 0 Å². The number of aliphatic hydroxyl groups excluding tert-OH is 1. The molecule has 0 aromatic rings. The molecule has 0 radical (unpaired) electrons. The fraction of sp³-hybridized carbons (Fsp3) is 0.923. The summed E-state index contributed by atoms with van der Waals surface area (Å²) in [4.78, 5) is 11.7. The topological polar surface area (TPSA) is 58.6 Å². The number of hydrogen-bond acceptors (Lipinski definition) is 3. The average molecular weight is 243 g/mol. The van der Waals surface area contributed by atoms with Crippen LogP contribution in [0.5, 0.6) is 0 Å². The van der Waals surface area contributed by atoms with Gasteiger partial charge in [-0.2, -0.15) is 0 Å². The number of rotatable bonds is 6. The monoisotopic (exact) mass is 243 g/mol. The minimum Gasteiger partial charge on any atom is -0.393 e. The molecule has 1 saturated heterocycles. The molecule has 0 aromatic carbocycles. The molecule has 100 valence electrons. The Labute approximate surface area is 104 Å². The summed E-state index contributed by atoms with van der Waals surface area (Å²) < 4.78 is 5.42. The van der Waals surface area contributed by atoms with Gasteiger partial charge in [0, 0.05) is 13.2 Å². The summed E-state index contributed by atoms with van der Waals surface area (Å²) in [5, 5.41) is 12.3. The summed E-state index contributed by atoms with van der Waals surface area (Å²) in [6, 6.07) is 0. The average Bonchev–Trinajstić information content (AvgIpc) is 2.65. The lowest BCUT2D eigenvalue weighted by Gasteiger charge is -2.26. The summed E-state index contributed by atoms with van der Waals surface area (Å²) in [6.45, 7) is 7.25. The van der Waals surface area contributed by atoms with E-state index in [0.717, 1.165) is 19.4 Å². The zero-order chi connectivity index (χ0) is 12.9. The Hall–Kier alpha value is -0.610. The minimum absolute atomic E-state index is 0.0515. The van der Waals surface area contributed by atoms with Crippen molar-refractivity contribution in [2.45, 2.75) is 58.7 Å². The van der Waals surface area contributed by atoms with Gasteiger partial charge in [0.2, 0.25) is 5.91 Å². The van der Waals surface area contributed by atoms with Crippen LogP contribution in [-0.2, 0) is 9.53 Å². The zero-order valence-corrected chi connectivity index (χ0v) is 11.2. The minimum atomic E-state index is -0.333. The van der Waals surface area contributed by atoms with Crippen LogP contribution >= 0.6 is 0 Å². The van der Waals surface area contributed by atoms with Gasteiger partial charge in [-0.3, -0.25) is 4.79 Å². The molecule has 4 heteroatoms. The Kier molecular flexibility index (Phi) is 5.40. The van der Waals surface area contributed by atoms with Crippen LogP contribution in [0, 0.1) is 5.41 Å². The van der Waals surface area contributed by atoms with E-state index in [1.807, 2.05) is 13.8 Å². The van der Waals surface area contributed by atoms with Gasteiger partial charge in [0.25, 0.3) is 0 Å². The van der Waals surface area contributed by atoms with Crippen LogP contribution in [0.2, 0.25) is 0 Å². The molecular formula is C13H25NO3. The number of hydrogen-bond donors (Lipinski definition) is 2. The van der Waals surface area contributed by atoms with Crippen LogP contribution < -0.4 is 5.32 Å². The van der Waals surface area contributed by atoms with Gasteiger partial charge < -0.3 is 15.2 Å². The van der Waals surface area contributed by atoms with Crippen molar-refractivity contribution in [3.05, 3.63) is 0 Å². The summed E-state index contributed by atoms with van der Waals surface area (Å²) >= 11 is 0. The molecule has 1 rings (SSSR count). The normalized spacial score (nSPS) is 22.5. The molecule has 0 bridgehead atoms. The van der Waals surface area contributed by atoms with Gasteiger partial charge in [0.05, 0.1) is 18.6 Å². The van der Waals surface area contributed by atoms with E-state index in [0.29, 0.717) is 19.4 Å². The van der Waals surface area contributed by atoms with Crippen molar-refractivity contribution in [1.82, 2.24) is 5.32 Å². The number of amides is 1. The van der Waals surface area contributed by atoms with E-state index >= 15 is 0 Å². The van der Waals surface area contributed by atoms with Gasteiger partial charge in [0.1, 0.15) is 0 Å². The van der Waals surface area contributed by atoms with Gasteiger partial charge in [-0.15, -0.1) is 0 Å². The lowest BCUT2D eigenvalue weighted by Crippen LogP contribution is -2.36. The molecule has 17 heavy (non-hydrogen) atoms. The Balaban J connectivity index is 2.22. The number of nitrogens with one attached hydrogen (secondary N) is 1. The molecule has 2 atom stereocenters. The summed E-state index contributed by atoms with van der Waals surface area (Å²) in [5.41, 5.74) is -0.0691. The second-order valence-corrected chi connectivity index (χ2v) is 5.83. The van der Waals surface area contributed by atoms with E-state index in [1.165, 1.54) is 0 Å². The predicted molar refractivity (Wildman–Crippen MR) is 66.7 cm³/mol. The quantitative estimate of drug-likeness (QED) is 0.742. The molecule has 0 aromatic heterocycles. The summed E-state index contributed by atoms with van der Waals surface area (Å²) in [5.74, 6) is 0.0515. The molecule has 0 spiro atoms. The Morgan fingerprint density at radius 1 is 1.59 bits per heavy atom. The molecule has 2 N–H and O–H groups in total. The van der Waals surface area contributed by atoms with Crippen molar-refractivity contribution >= 4 is 5.91 Å². The van der Waals surface area contributed by atoms with E-state index in [4.69, 9.17) is 4.74 Å². The van der Waals surface area contributed by atoms with Gasteiger partial charge in [-0.05, 0) is 31.6 Å². The molecule has 2 unspecified atom stereocenters. The molecule has 1 heterocycles. The highest BCUT2D eigenvalue weighted by Crippen LogP contribution is 2.21. The highest BCUT2D eigenvalue weighted by atomic mass is 16.5. The Bertz CT molecular complexity index is 245. The summed E-state index contributed by atoms with van der Waals surface area (Å²) in [7, 11) is 0. The van der Waals surface area contributed by atoms with E-state index in [1.54, 1.807) is 6.92 Å². The van der Waals surface area contributed by atoms with E-state index in [9.17, 15) is 9.90 Å². The van der Waals surface area contributed by atoms with Crippen LogP contribution in [-0.4, -0.2) is 36.4 Å². The molecule has 0 aliphatic carbocycles. The SMILES string of the molecule is CC(O)CC(C)(C)CNC(=O)CC1CCCO1. The lowest BCUT2D eigenvalue weighted by molar-refractivity contribution is -0.123. The number of aliphatic hydroxyl groups is 1. The van der Waals surface area contributed by atoms with Crippen molar-refractivity contribution in [1.29, 1.82) is 0 Å². The number of carbonyl (C=O) groups is 1. The first-order valence-electron chi connectivity index (χ1n) is 6.45. The van der Waals surface area contributed by atoms with Gasteiger partial charge >= 0.3 is 0 Å². The fourth-order valence-electron chi connectivity index (χ4n) is 2.29. The highest BCUT2D eigenvalue weighted by molar-refractivity contribution is 5.76. The van der Waals surface area contributed by atoms with Gasteiger partial charge in [0.15, 0.2) is 0 Å². The van der Waals surface area contributed by atoms with Gasteiger partial charge in [-0.1, -0.05) is 13.8 Å². The first kappa shape index (κ1) is 14.5. The second-order valence-electron chi connectivity index (χ2n) is 5.83. The first-order valence-corrected chi connectivity index (χ1v) is 6.45. The maximum atomic E-state index is 11.7. The third-order valence-electron chi connectivity index (χ3n) is 3.05. The molecular weight excluding hydrogens is 218 g/mol. The van der Waals surface area contributed by atoms with Crippen molar-refractivity contribution in [2.24, 2.45) is 5.41 Å². The lowest BCUT2D eigenvalue weighted by atomic mass is 9.87. The fourth-order valence-corrected chi connectivity index (χ4v) is 2.29. The van der Waals surface area contributed by atoms with Crippen LogP contribution in [0.3, 0.4) is 0 Å². The van der Waals surface area contributed by atoms with Crippen molar-refractivity contribution in [2.75, 3.05) is 13.2 Å². The number of ether oxygens (including phenoxy) is 1. The van der Waals surface area contributed by atoms with Crippen LogP contribution in [0.4, 0.5) is 0 Å². The van der Waals surface area contributed by atoms with Gasteiger partial charge in [-0.25, -0.2) is 0 Å². The molecule has 1 fully saturated rings. The molecule has 0 saturated carbocycles. The standard InChI is InChI=1S/C13H25NO3/c1-10(15)8-13(2,3)9-14-12(16)7-11-5-4-6-17-11/h10-11,15H,4-9H2,1-3H3,(H,14,16). The Morgan fingerprint density at radius 3 is 2.82 bits per heavy atom. The van der Waals surface area contributed by atoms with Crippen LogP contribution in [0.1, 0.15) is 46.5 Å². The van der Waals surface area contributed by atoms with E-state index in [-0.39, 0.29) is 23.5 Å². The second kappa shape index (κ2) is 6.36. The highest BCUT2D eigenvalue weighted by Gasteiger charge is 2.23. The number of carbonyl (C=O) groups excluding carboxylic acids is 1. The molecule has 1 amide bonds. The largest absolute Gasteiger partial charge is 0.393 e. The van der Waals surface area contributed by atoms with Crippen LogP contribution in [0.25, 0.3) is 0 Å². The first-order chi connectivity index (χ1) is 7.89. The maximum absolute atomic E-state index is 11.7. The van der Waals surface area contributed by atoms with Crippen molar-refractivity contribution in [3.8, 4) is 0 Å². The molecule has 1 aliphatic rings. The smallest absolute Gasteiger partial charge is 0.222 e.